The summed E-state index contributed by atoms with van der Waals surface area (Å²) in [4.78, 5) is 25.7. The number of nitrogens with zero attached hydrogens (tertiary/aromatic N) is 2. The van der Waals surface area contributed by atoms with Crippen LogP contribution in [0.25, 0.3) is 0 Å². The van der Waals surface area contributed by atoms with Gasteiger partial charge in [0.2, 0.25) is 5.91 Å². The Hall–Kier alpha value is -1.61. The molecule has 0 unspecified atom stereocenters. The molecular weight excluding hydrogens is 309 g/mol. The Labute approximate surface area is 123 Å². The maximum absolute atomic E-state index is 12.4. The second-order valence-electron chi connectivity index (χ2n) is 4.29. The van der Waals surface area contributed by atoms with Gasteiger partial charge >= 0.3 is 6.18 Å². The molecule has 0 aliphatic carbocycles. The Balaban J connectivity index is 2.65. The van der Waals surface area contributed by atoms with Crippen molar-refractivity contribution >= 4 is 23.2 Å². The molecule has 0 fully saturated rings. The normalized spacial score (nSPS) is 11.3. The molecule has 2 amide bonds. The van der Waals surface area contributed by atoms with E-state index in [2.05, 4.69) is 0 Å². The molecule has 1 heterocycles. The number of hydrogen-bond donors (Lipinski definition) is 1. The van der Waals surface area contributed by atoms with Crippen LogP contribution in [0.2, 0.25) is 0 Å². The van der Waals surface area contributed by atoms with E-state index in [1.165, 1.54) is 18.4 Å². The largest absolute Gasteiger partial charge is 0.406 e. The predicted molar refractivity (Wildman–Crippen MR) is 71.0 cm³/mol. The monoisotopic (exact) mass is 324 g/mol. The van der Waals surface area contributed by atoms with Crippen molar-refractivity contribution in [3.8, 4) is 0 Å². The first kappa shape index (κ1) is 17.4. The summed E-state index contributed by atoms with van der Waals surface area (Å²) in [6, 6.07) is 3.23. The number of halogens is 3. The minimum Gasteiger partial charge on any atom is -0.395 e. The van der Waals surface area contributed by atoms with Crippen molar-refractivity contribution in [3.63, 3.8) is 0 Å². The molecule has 1 aromatic rings. The van der Waals surface area contributed by atoms with Gasteiger partial charge in [-0.05, 0) is 11.4 Å². The molecule has 0 radical (unpaired) electrons. The highest BCUT2D eigenvalue weighted by molar-refractivity contribution is 7.12. The Morgan fingerprint density at radius 2 is 2.05 bits per heavy atom. The number of aliphatic hydroxyl groups is 1. The molecule has 0 atom stereocenters. The number of aliphatic hydroxyl groups excluding tert-OH is 1. The lowest BCUT2D eigenvalue weighted by Gasteiger charge is -2.25. The Morgan fingerprint density at radius 3 is 2.52 bits per heavy atom. The summed E-state index contributed by atoms with van der Waals surface area (Å²) >= 11 is 1.18. The van der Waals surface area contributed by atoms with Crippen molar-refractivity contribution < 1.29 is 27.9 Å². The second-order valence-corrected chi connectivity index (χ2v) is 5.24. The minimum atomic E-state index is -4.55. The van der Waals surface area contributed by atoms with Gasteiger partial charge in [-0.3, -0.25) is 9.59 Å². The Bertz CT molecular complexity index is 477. The van der Waals surface area contributed by atoms with E-state index in [1.54, 1.807) is 17.5 Å². The average Bonchev–Trinajstić information content (AvgIpc) is 2.89. The number of thiophene rings is 1. The van der Waals surface area contributed by atoms with Crippen LogP contribution in [-0.4, -0.2) is 66.2 Å². The van der Waals surface area contributed by atoms with Crippen LogP contribution in [0.4, 0.5) is 13.2 Å². The van der Waals surface area contributed by atoms with Gasteiger partial charge < -0.3 is 14.9 Å². The maximum Gasteiger partial charge on any atom is 0.406 e. The van der Waals surface area contributed by atoms with Gasteiger partial charge in [0.05, 0.1) is 18.0 Å². The van der Waals surface area contributed by atoms with E-state index in [0.29, 0.717) is 9.78 Å². The van der Waals surface area contributed by atoms with Gasteiger partial charge in [0.25, 0.3) is 5.91 Å². The van der Waals surface area contributed by atoms with Crippen LogP contribution in [0, 0.1) is 0 Å². The van der Waals surface area contributed by atoms with Gasteiger partial charge in [0, 0.05) is 13.6 Å². The van der Waals surface area contributed by atoms with E-state index in [0.717, 1.165) is 4.90 Å². The molecule has 21 heavy (non-hydrogen) atoms. The quantitative estimate of drug-likeness (QED) is 0.855. The van der Waals surface area contributed by atoms with Crippen molar-refractivity contribution in [2.75, 3.05) is 33.3 Å². The summed E-state index contributed by atoms with van der Waals surface area (Å²) in [7, 11) is 1.34. The molecule has 1 rings (SSSR count). The van der Waals surface area contributed by atoms with Crippen LogP contribution >= 0.6 is 11.3 Å². The zero-order valence-corrected chi connectivity index (χ0v) is 12.1. The first-order valence-corrected chi connectivity index (χ1v) is 6.87. The molecule has 0 aliphatic rings. The van der Waals surface area contributed by atoms with Crippen LogP contribution in [0.1, 0.15) is 9.67 Å². The molecule has 1 aromatic heterocycles. The number of alkyl halides is 3. The lowest BCUT2D eigenvalue weighted by Crippen LogP contribution is -2.46. The van der Waals surface area contributed by atoms with Crippen molar-refractivity contribution in [2.24, 2.45) is 0 Å². The number of amides is 2. The highest BCUT2D eigenvalue weighted by Gasteiger charge is 2.33. The zero-order valence-electron chi connectivity index (χ0n) is 11.3. The van der Waals surface area contributed by atoms with Gasteiger partial charge in [0.1, 0.15) is 6.54 Å². The maximum atomic E-state index is 12.4. The van der Waals surface area contributed by atoms with Gasteiger partial charge in [0.15, 0.2) is 0 Å². The van der Waals surface area contributed by atoms with Crippen LogP contribution in [-0.2, 0) is 4.79 Å². The van der Waals surface area contributed by atoms with Crippen LogP contribution in [0.15, 0.2) is 17.5 Å². The first-order valence-electron chi connectivity index (χ1n) is 5.99. The highest BCUT2D eigenvalue weighted by Crippen LogP contribution is 2.17. The lowest BCUT2D eigenvalue weighted by atomic mass is 10.3. The molecule has 0 aromatic carbocycles. The fraction of sp³-hybridized carbons (Fsp3) is 0.500. The van der Waals surface area contributed by atoms with Crippen molar-refractivity contribution in [2.45, 2.75) is 6.18 Å². The summed E-state index contributed by atoms with van der Waals surface area (Å²) in [6.45, 7) is -2.94. The molecule has 5 nitrogen and oxygen atoms in total. The third-order valence-corrected chi connectivity index (χ3v) is 3.40. The molecule has 9 heteroatoms. The molecular formula is C12H15F3N2O3S. The standard InChI is InChI=1S/C12H15F3N2O3S/c1-16(11(20)9-3-2-6-21-9)7-10(19)17(4-5-18)8-12(13,14)15/h2-3,6,18H,4-5,7-8H2,1H3. The molecule has 0 aliphatic heterocycles. The number of hydrogen-bond acceptors (Lipinski definition) is 4. The Kier molecular flexibility index (Phi) is 6.16. The molecule has 0 spiro atoms. The SMILES string of the molecule is CN(CC(=O)N(CCO)CC(F)(F)F)C(=O)c1cccs1. The second kappa shape index (κ2) is 7.41. The van der Waals surface area contributed by atoms with Gasteiger partial charge in [-0.15, -0.1) is 11.3 Å². The molecule has 0 bridgehead atoms. The average molecular weight is 324 g/mol. The van der Waals surface area contributed by atoms with Crippen LogP contribution in [0.3, 0.4) is 0 Å². The zero-order chi connectivity index (χ0) is 16.0. The topological polar surface area (TPSA) is 60.9 Å². The van der Waals surface area contributed by atoms with E-state index >= 15 is 0 Å². The molecule has 1 N–H and O–H groups in total. The summed E-state index contributed by atoms with van der Waals surface area (Å²) < 4.78 is 37.1. The summed E-state index contributed by atoms with van der Waals surface area (Å²) in [6.07, 6.45) is -4.55. The third-order valence-electron chi connectivity index (χ3n) is 2.54. The van der Waals surface area contributed by atoms with E-state index in [4.69, 9.17) is 5.11 Å². The molecule has 0 saturated heterocycles. The van der Waals surface area contributed by atoms with E-state index in [-0.39, 0.29) is 0 Å². The fourth-order valence-corrected chi connectivity index (χ4v) is 2.31. The summed E-state index contributed by atoms with van der Waals surface area (Å²) in [5, 5.41) is 10.4. The van der Waals surface area contributed by atoms with Crippen molar-refractivity contribution in [1.82, 2.24) is 9.80 Å². The highest BCUT2D eigenvalue weighted by atomic mass is 32.1. The predicted octanol–water partition coefficient (Wildman–Crippen LogP) is 1.20. The van der Waals surface area contributed by atoms with E-state index < -0.39 is 44.2 Å². The fourth-order valence-electron chi connectivity index (χ4n) is 1.59. The van der Waals surface area contributed by atoms with Crippen molar-refractivity contribution in [3.05, 3.63) is 22.4 Å². The summed E-state index contributed by atoms with van der Waals surface area (Å²) in [5.74, 6) is -1.30. The van der Waals surface area contributed by atoms with E-state index in [9.17, 15) is 22.8 Å². The van der Waals surface area contributed by atoms with Gasteiger partial charge in [-0.25, -0.2) is 0 Å². The van der Waals surface area contributed by atoms with E-state index in [1.807, 2.05) is 0 Å². The number of carbonyl (C=O) groups excluding carboxylic acids is 2. The first-order chi connectivity index (χ1) is 9.74. The smallest absolute Gasteiger partial charge is 0.395 e. The van der Waals surface area contributed by atoms with Crippen LogP contribution < -0.4 is 0 Å². The molecule has 0 saturated carbocycles. The number of likely N-dealkylation sites (N-methyl/N-ethyl adjacent to an activating group) is 1. The Morgan fingerprint density at radius 1 is 1.38 bits per heavy atom. The lowest BCUT2D eigenvalue weighted by molar-refractivity contribution is -0.162. The summed E-state index contributed by atoms with van der Waals surface area (Å²) in [5.41, 5.74) is 0. The van der Waals surface area contributed by atoms with Crippen molar-refractivity contribution in [1.29, 1.82) is 0 Å². The van der Waals surface area contributed by atoms with Gasteiger partial charge in [-0.2, -0.15) is 13.2 Å². The third kappa shape index (κ3) is 5.72. The van der Waals surface area contributed by atoms with Crippen LogP contribution in [0.5, 0.6) is 0 Å². The van der Waals surface area contributed by atoms with Gasteiger partial charge in [-0.1, -0.05) is 6.07 Å². The minimum absolute atomic E-state index is 0.398. The molecule has 118 valence electrons. The number of rotatable bonds is 6. The number of carbonyl (C=O) groups is 2.